The van der Waals surface area contributed by atoms with Crippen molar-refractivity contribution in [2.45, 2.75) is 33.6 Å². The molecule has 1 rings (SSSR count). The molecule has 0 saturated carbocycles. The molecule has 0 unspecified atom stereocenters. The summed E-state index contributed by atoms with van der Waals surface area (Å²) in [7, 11) is 0. The van der Waals surface area contributed by atoms with Crippen LogP contribution in [0.5, 0.6) is 5.75 Å². The second-order valence-electron chi connectivity index (χ2n) is 4.38. The lowest BCUT2D eigenvalue weighted by atomic mass is 10.1. The highest BCUT2D eigenvalue weighted by atomic mass is 16.5. The summed E-state index contributed by atoms with van der Waals surface area (Å²) in [4.78, 5) is 22.6. The molecule has 0 fully saturated rings. The number of hydrogen-bond acceptors (Lipinski definition) is 4. The molecule has 0 aliphatic rings. The van der Waals surface area contributed by atoms with Crippen molar-refractivity contribution in [1.82, 2.24) is 0 Å². The Morgan fingerprint density at radius 2 is 1.84 bits per heavy atom. The van der Waals surface area contributed by atoms with E-state index in [-0.39, 0.29) is 31.2 Å². The van der Waals surface area contributed by atoms with Crippen LogP contribution in [0.25, 0.3) is 0 Å². The molecule has 0 amide bonds. The molecule has 0 aliphatic carbocycles. The number of ketones is 1. The van der Waals surface area contributed by atoms with E-state index in [2.05, 4.69) is 0 Å². The Labute approximate surface area is 113 Å². The Bertz CT molecular complexity index is 451. The molecule has 4 heteroatoms. The lowest BCUT2D eigenvalue weighted by molar-refractivity contribution is -0.144. The minimum atomic E-state index is -0.345. The van der Waals surface area contributed by atoms with Crippen LogP contribution < -0.4 is 4.74 Å². The van der Waals surface area contributed by atoms with Crippen LogP contribution >= 0.6 is 0 Å². The number of benzene rings is 1. The normalized spacial score (nSPS) is 10.1. The van der Waals surface area contributed by atoms with Crippen LogP contribution in [0.15, 0.2) is 18.2 Å². The predicted octanol–water partition coefficient (Wildman–Crippen LogP) is 2.59. The van der Waals surface area contributed by atoms with Gasteiger partial charge in [0.25, 0.3) is 0 Å². The third kappa shape index (κ3) is 5.55. The molecule has 0 atom stereocenters. The SMILES string of the molecule is CCOC(=O)CCC(=O)COc1ccc(C)c(C)c1. The van der Waals surface area contributed by atoms with Gasteiger partial charge in [0, 0.05) is 6.42 Å². The van der Waals surface area contributed by atoms with Gasteiger partial charge in [-0.05, 0) is 44.0 Å². The summed E-state index contributed by atoms with van der Waals surface area (Å²) in [5.74, 6) is 0.223. The molecule has 4 nitrogen and oxygen atoms in total. The van der Waals surface area contributed by atoms with E-state index >= 15 is 0 Å². The van der Waals surface area contributed by atoms with Gasteiger partial charge in [0.1, 0.15) is 12.4 Å². The number of carbonyl (C=O) groups is 2. The Balaban J connectivity index is 2.33. The maximum atomic E-state index is 11.5. The average Bonchev–Trinajstić information content (AvgIpc) is 2.38. The van der Waals surface area contributed by atoms with E-state index in [0.717, 1.165) is 5.56 Å². The monoisotopic (exact) mass is 264 g/mol. The summed E-state index contributed by atoms with van der Waals surface area (Å²) in [6.07, 6.45) is 0.270. The zero-order valence-corrected chi connectivity index (χ0v) is 11.7. The largest absolute Gasteiger partial charge is 0.486 e. The van der Waals surface area contributed by atoms with Gasteiger partial charge in [-0.15, -0.1) is 0 Å². The van der Waals surface area contributed by atoms with Gasteiger partial charge < -0.3 is 9.47 Å². The summed E-state index contributed by atoms with van der Waals surface area (Å²) in [5, 5.41) is 0. The second-order valence-corrected chi connectivity index (χ2v) is 4.38. The van der Waals surface area contributed by atoms with E-state index < -0.39 is 0 Å². The first-order valence-corrected chi connectivity index (χ1v) is 6.40. The summed E-state index contributed by atoms with van der Waals surface area (Å²) in [6.45, 7) is 6.07. The number of hydrogen-bond donors (Lipinski definition) is 0. The molecule has 0 bridgehead atoms. The van der Waals surface area contributed by atoms with Crippen LogP contribution in [-0.4, -0.2) is 25.0 Å². The van der Waals surface area contributed by atoms with E-state index in [1.165, 1.54) is 5.56 Å². The number of rotatable bonds is 7. The minimum Gasteiger partial charge on any atom is -0.486 e. The first-order valence-electron chi connectivity index (χ1n) is 6.40. The van der Waals surface area contributed by atoms with Crippen molar-refractivity contribution in [3.8, 4) is 5.75 Å². The Hall–Kier alpha value is -1.84. The van der Waals surface area contributed by atoms with Crippen LogP contribution in [0.4, 0.5) is 0 Å². The maximum Gasteiger partial charge on any atom is 0.306 e. The number of esters is 1. The van der Waals surface area contributed by atoms with Crippen molar-refractivity contribution < 1.29 is 19.1 Å². The first-order chi connectivity index (χ1) is 9.02. The standard InChI is InChI=1S/C15H20O4/c1-4-18-15(17)8-6-13(16)10-19-14-7-5-11(2)12(3)9-14/h5,7,9H,4,6,8,10H2,1-3H3. The Morgan fingerprint density at radius 1 is 1.11 bits per heavy atom. The average molecular weight is 264 g/mol. The zero-order chi connectivity index (χ0) is 14.3. The smallest absolute Gasteiger partial charge is 0.306 e. The highest BCUT2D eigenvalue weighted by Crippen LogP contribution is 2.16. The fourth-order valence-electron chi connectivity index (χ4n) is 1.51. The van der Waals surface area contributed by atoms with Crippen molar-refractivity contribution in [3.05, 3.63) is 29.3 Å². The fraction of sp³-hybridized carbons (Fsp3) is 0.467. The molecular weight excluding hydrogens is 244 g/mol. The van der Waals surface area contributed by atoms with Crippen LogP contribution in [-0.2, 0) is 14.3 Å². The Morgan fingerprint density at radius 3 is 2.47 bits per heavy atom. The number of Topliss-reactive ketones (excluding diaryl/α,β-unsaturated/α-hetero) is 1. The van der Waals surface area contributed by atoms with E-state index in [0.29, 0.717) is 12.4 Å². The topological polar surface area (TPSA) is 52.6 Å². The molecule has 104 valence electrons. The molecule has 1 aromatic rings. The summed E-state index contributed by atoms with van der Waals surface area (Å²) in [6, 6.07) is 5.68. The van der Waals surface area contributed by atoms with Gasteiger partial charge in [-0.2, -0.15) is 0 Å². The Kier molecular flexibility index (Phi) is 6.06. The van der Waals surface area contributed by atoms with Gasteiger partial charge >= 0.3 is 5.97 Å². The van der Waals surface area contributed by atoms with Gasteiger partial charge in [-0.3, -0.25) is 9.59 Å². The van der Waals surface area contributed by atoms with E-state index in [1.54, 1.807) is 6.92 Å². The third-order valence-corrected chi connectivity index (χ3v) is 2.79. The quantitative estimate of drug-likeness (QED) is 0.710. The molecule has 19 heavy (non-hydrogen) atoms. The summed E-state index contributed by atoms with van der Waals surface area (Å²) >= 11 is 0. The van der Waals surface area contributed by atoms with Gasteiger partial charge in [-0.25, -0.2) is 0 Å². The summed E-state index contributed by atoms with van der Waals surface area (Å²) in [5.41, 5.74) is 2.30. The van der Waals surface area contributed by atoms with Crippen LogP contribution in [0, 0.1) is 13.8 Å². The third-order valence-electron chi connectivity index (χ3n) is 2.79. The first kappa shape index (κ1) is 15.2. The molecule has 0 spiro atoms. The lowest BCUT2D eigenvalue weighted by Crippen LogP contribution is -2.14. The number of aryl methyl sites for hydroxylation is 2. The van der Waals surface area contributed by atoms with Crippen molar-refractivity contribution in [3.63, 3.8) is 0 Å². The van der Waals surface area contributed by atoms with Gasteiger partial charge in [0.2, 0.25) is 0 Å². The van der Waals surface area contributed by atoms with Crippen molar-refractivity contribution in [2.75, 3.05) is 13.2 Å². The van der Waals surface area contributed by atoms with Gasteiger partial charge in [0.15, 0.2) is 5.78 Å². The van der Waals surface area contributed by atoms with Crippen LogP contribution in [0.2, 0.25) is 0 Å². The van der Waals surface area contributed by atoms with Gasteiger partial charge in [0.05, 0.1) is 13.0 Å². The summed E-state index contributed by atoms with van der Waals surface area (Å²) < 4.78 is 10.1. The van der Waals surface area contributed by atoms with E-state index in [1.807, 2.05) is 32.0 Å². The van der Waals surface area contributed by atoms with Crippen molar-refractivity contribution in [1.29, 1.82) is 0 Å². The number of ether oxygens (including phenoxy) is 2. The zero-order valence-electron chi connectivity index (χ0n) is 11.7. The molecular formula is C15H20O4. The van der Waals surface area contributed by atoms with Gasteiger partial charge in [-0.1, -0.05) is 6.07 Å². The molecule has 0 heterocycles. The molecule has 0 aliphatic heterocycles. The molecule has 0 aromatic heterocycles. The molecule has 0 N–H and O–H groups in total. The highest BCUT2D eigenvalue weighted by molar-refractivity contribution is 5.84. The van der Waals surface area contributed by atoms with E-state index in [4.69, 9.17) is 9.47 Å². The molecule has 0 radical (unpaired) electrons. The van der Waals surface area contributed by atoms with Crippen LogP contribution in [0.1, 0.15) is 30.9 Å². The van der Waals surface area contributed by atoms with Crippen molar-refractivity contribution in [2.24, 2.45) is 0 Å². The lowest BCUT2D eigenvalue weighted by Gasteiger charge is -2.07. The minimum absolute atomic E-state index is 0.0120. The van der Waals surface area contributed by atoms with Crippen molar-refractivity contribution >= 4 is 11.8 Å². The van der Waals surface area contributed by atoms with E-state index in [9.17, 15) is 9.59 Å². The predicted molar refractivity (Wildman–Crippen MR) is 72.3 cm³/mol. The van der Waals surface area contributed by atoms with Crippen LogP contribution in [0.3, 0.4) is 0 Å². The molecule has 0 saturated heterocycles. The second kappa shape index (κ2) is 7.56. The fourth-order valence-corrected chi connectivity index (χ4v) is 1.51. The molecule has 1 aromatic carbocycles. The maximum absolute atomic E-state index is 11.5. The highest BCUT2D eigenvalue weighted by Gasteiger charge is 2.08. The number of carbonyl (C=O) groups excluding carboxylic acids is 2.